The van der Waals surface area contributed by atoms with Crippen LogP contribution in [0.1, 0.15) is 23.1 Å². The molecule has 0 aliphatic carbocycles. The van der Waals surface area contributed by atoms with Crippen LogP contribution >= 0.6 is 27.5 Å². The number of halogens is 2. The van der Waals surface area contributed by atoms with Crippen LogP contribution in [0, 0.1) is 0 Å². The summed E-state index contributed by atoms with van der Waals surface area (Å²) in [5, 5.41) is 14.8. The number of aryl methyl sites for hydroxylation is 1. The van der Waals surface area contributed by atoms with E-state index in [0.717, 1.165) is 22.3 Å². The number of benzene rings is 1. The SMILES string of the molecule is CCn1cc(Br)c(CNC(=O)c2cc(-c3ccc(Cl)cc3)n[nH]2)n1. The van der Waals surface area contributed by atoms with Crippen LogP contribution in [0.5, 0.6) is 0 Å². The number of hydrogen-bond acceptors (Lipinski definition) is 3. The van der Waals surface area contributed by atoms with E-state index in [1.165, 1.54) is 0 Å². The van der Waals surface area contributed by atoms with Gasteiger partial charge in [0.25, 0.3) is 5.91 Å². The zero-order valence-electron chi connectivity index (χ0n) is 12.9. The van der Waals surface area contributed by atoms with Crippen molar-refractivity contribution in [1.29, 1.82) is 0 Å². The van der Waals surface area contributed by atoms with Crippen LogP contribution in [0.3, 0.4) is 0 Å². The van der Waals surface area contributed by atoms with E-state index in [4.69, 9.17) is 11.6 Å². The molecule has 3 rings (SSSR count). The van der Waals surface area contributed by atoms with E-state index in [9.17, 15) is 4.79 Å². The van der Waals surface area contributed by atoms with E-state index in [-0.39, 0.29) is 5.91 Å². The normalized spacial score (nSPS) is 10.8. The molecule has 0 saturated heterocycles. The maximum atomic E-state index is 12.3. The molecular formula is C16H15BrClN5O. The number of H-pyrrole nitrogens is 1. The van der Waals surface area contributed by atoms with Crippen molar-refractivity contribution >= 4 is 33.4 Å². The van der Waals surface area contributed by atoms with Crippen LogP contribution in [0.2, 0.25) is 5.02 Å². The van der Waals surface area contributed by atoms with Gasteiger partial charge in [-0.3, -0.25) is 14.6 Å². The van der Waals surface area contributed by atoms with E-state index in [1.807, 2.05) is 25.3 Å². The minimum absolute atomic E-state index is 0.235. The Hall–Kier alpha value is -2.12. The molecule has 24 heavy (non-hydrogen) atoms. The Morgan fingerprint density at radius 1 is 1.38 bits per heavy atom. The molecule has 0 aliphatic rings. The lowest BCUT2D eigenvalue weighted by atomic mass is 10.1. The van der Waals surface area contributed by atoms with Crippen molar-refractivity contribution in [1.82, 2.24) is 25.3 Å². The van der Waals surface area contributed by atoms with E-state index >= 15 is 0 Å². The maximum Gasteiger partial charge on any atom is 0.269 e. The standard InChI is InChI=1S/C16H15BrClN5O/c1-2-23-9-12(17)15(22-23)8-19-16(24)14-7-13(20-21-14)10-3-5-11(18)6-4-10/h3-7,9H,2,8H2,1H3,(H,19,24)(H,20,21). The highest BCUT2D eigenvalue weighted by Gasteiger charge is 2.13. The average Bonchev–Trinajstić information content (AvgIpc) is 3.20. The van der Waals surface area contributed by atoms with E-state index in [2.05, 4.69) is 36.5 Å². The first-order chi connectivity index (χ1) is 11.6. The summed E-state index contributed by atoms with van der Waals surface area (Å²) < 4.78 is 2.68. The summed E-state index contributed by atoms with van der Waals surface area (Å²) in [7, 11) is 0. The number of amides is 1. The van der Waals surface area contributed by atoms with Gasteiger partial charge in [-0.05, 0) is 41.1 Å². The van der Waals surface area contributed by atoms with Crippen molar-refractivity contribution < 1.29 is 4.79 Å². The van der Waals surface area contributed by atoms with Crippen LogP contribution in [0.15, 0.2) is 41.0 Å². The lowest BCUT2D eigenvalue weighted by Crippen LogP contribution is -2.23. The first-order valence-electron chi connectivity index (χ1n) is 7.38. The minimum Gasteiger partial charge on any atom is -0.345 e. The molecule has 0 spiro atoms. The molecular weight excluding hydrogens is 394 g/mol. The van der Waals surface area contributed by atoms with E-state index in [1.54, 1.807) is 22.9 Å². The van der Waals surface area contributed by atoms with Crippen LogP contribution < -0.4 is 5.32 Å². The highest BCUT2D eigenvalue weighted by Crippen LogP contribution is 2.20. The van der Waals surface area contributed by atoms with Crippen LogP contribution in [0.25, 0.3) is 11.3 Å². The molecule has 0 bridgehead atoms. The Kier molecular flexibility index (Phi) is 5.01. The second-order valence-electron chi connectivity index (χ2n) is 5.14. The Morgan fingerprint density at radius 2 is 2.12 bits per heavy atom. The van der Waals surface area contributed by atoms with Gasteiger partial charge in [0.2, 0.25) is 0 Å². The molecule has 0 radical (unpaired) electrons. The summed E-state index contributed by atoms with van der Waals surface area (Å²) in [5.41, 5.74) is 2.75. The second-order valence-corrected chi connectivity index (χ2v) is 6.43. The molecule has 2 heterocycles. The Bertz CT molecular complexity index is 856. The third kappa shape index (κ3) is 3.68. The fourth-order valence-electron chi connectivity index (χ4n) is 2.18. The summed E-state index contributed by atoms with van der Waals surface area (Å²) in [4.78, 5) is 12.3. The zero-order chi connectivity index (χ0) is 17.1. The average molecular weight is 409 g/mol. The van der Waals surface area contributed by atoms with E-state index in [0.29, 0.717) is 23.0 Å². The molecule has 1 amide bonds. The maximum absolute atomic E-state index is 12.3. The lowest BCUT2D eigenvalue weighted by Gasteiger charge is -2.01. The predicted molar refractivity (Wildman–Crippen MR) is 95.8 cm³/mol. The zero-order valence-corrected chi connectivity index (χ0v) is 15.2. The molecule has 1 aromatic carbocycles. The number of nitrogens with zero attached hydrogens (tertiary/aromatic N) is 3. The molecule has 0 unspecified atom stereocenters. The Labute approximate surface area is 152 Å². The van der Waals surface area contributed by atoms with Gasteiger partial charge < -0.3 is 5.32 Å². The molecule has 6 nitrogen and oxygen atoms in total. The highest BCUT2D eigenvalue weighted by atomic mass is 79.9. The third-order valence-electron chi connectivity index (χ3n) is 3.49. The topological polar surface area (TPSA) is 75.6 Å². The molecule has 0 saturated carbocycles. The van der Waals surface area contributed by atoms with Gasteiger partial charge in [-0.2, -0.15) is 10.2 Å². The molecule has 2 N–H and O–H groups in total. The number of aromatic nitrogens is 4. The van der Waals surface area contributed by atoms with Crippen molar-refractivity contribution in [2.24, 2.45) is 0 Å². The number of aromatic amines is 1. The van der Waals surface area contributed by atoms with Gasteiger partial charge in [-0.15, -0.1) is 0 Å². The predicted octanol–water partition coefficient (Wildman–Crippen LogP) is 3.64. The number of carbonyl (C=O) groups excluding carboxylic acids is 1. The van der Waals surface area contributed by atoms with Gasteiger partial charge in [0.05, 0.1) is 22.4 Å². The summed E-state index contributed by atoms with van der Waals surface area (Å²) in [6.07, 6.45) is 1.89. The van der Waals surface area contributed by atoms with Crippen LogP contribution in [-0.2, 0) is 13.1 Å². The van der Waals surface area contributed by atoms with Crippen molar-refractivity contribution in [3.8, 4) is 11.3 Å². The van der Waals surface area contributed by atoms with Crippen molar-refractivity contribution in [3.63, 3.8) is 0 Å². The van der Waals surface area contributed by atoms with Crippen LogP contribution in [0.4, 0.5) is 0 Å². The number of nitrogens with one attached hydrogen (secondary N) is 2. The fraction of sp³-hybridized carbons (Fsp3) is 0.188. The summed E-state index contributed by atoms with van der Waals surface area (Å²) in [6.45, 7) is 3.12. The quantitative estimate of drug-likeness (QED) is 0.677. The summed E-state index contributed by atoms with van der Waals surface area (Å²) >= 11 is 9.31. The van der Waals surface area contributed by atoms with Crippen LogP contribution in [-0.4, -0.2) is 25.9 Å². The first kappa shape index (κ1) is 16.7. The molecule has 8 heteroatoms. The largest absolute Gasteiger partial charge is 0.345 e. The fourth-order valence-corrected chi connectivity index (χ4v) is 2.77. The molecule has 0 aliphatic heterocycles. The number of carbonyl (C=O) groups is 1. The molecule has 124 valence electrons. The first-order valence-corrected chi connectivity index (χ1v) is 8.55. The van der Waals surface area contributed by atoms with E-state index < -0.39 is 0 Å². The highest BCUT2D eigenvalue weighted by molar-refractivity contribution is 9.10. The third-order valence-corrected chi connectivity index (χ3v) is 4.40. The van der Waals surface area contributed by atoms with Gasteiger partial charge >= 0.3 is 0 Å². The molecule has 0 fully saturated rings. The summed E-state index contributed by atoms with van der Waals surface area (Å²) in [6, 6.07) is 8.99. The number of rotatable bonds is 5. The van der Waals surface area contributed by atoms with Crippen molar-refractivity contribution in [3.05, 3.63) is 57.4 Å². The molecule has 2 aromatic heterocycles. The second kappa shape index (κ2) is 7.19. The van der Waals surface area contributed by atoms with Gasteiger partial charge in [0.15, 0.2) is 0 Å². The van der Waals surface area contributed by atoms with Crippen molar-refractivity contribution in [2.45, 2.75) is 20.0 Å². The Balaban J connectivity index is 1.67. The summed E-state index contributed by atoms with van der Waals surface area (Å²) in [5.74, 6) is -0.235. The van der Waals surface area contributed by atoms with Gasteiger partial charge in [0.1, 0.15) is 5.69 Å². The monoisotopic (exact) mass is 407 g/mol. The lowest BCUT2D eigenvalue weighted by molar-refractivity contribution is 0.0945. The number of hydrogen-bond donors (Lipinski definition) is 2. The Morgan fingerprint density at radius 3 is 2.79 bits per heavy atom. The van der Waals surface area contributed by atoms with Gasteiger partial charge in [-0.1, -0.05) is 23.7 Å². The smallest absolute Gasteiger partial charge is 0.269 e. The molecule has 3 aromatic rings. The van der Waals surface area contributed by atoms with Gasteiger partial charge in [-0.25, -0.2) is 0 Å². The van der Waals surface area contributed by atoms with Gasteiger partial charge in [0, 0.05) is 23.3 Å². The minimum atomic E-state index is -0.235. The molecule has 0 atom stereocenters. The van der Waals surface area contributed by atoms with Crippen molar-refractivity contribution in [2.75, 3.05) is 0 Å².